The molecule has 0 bridgehead atoms. The summed E-state index contributed by atoms with van der Waals surface area (Å²) in [6.07, 6.45) is 16.4. The molecule has 2 N–H and O–H groups in total. The number of aromatic nitrogens is 2. The van der Waals surface area contributed by atoms with Crippen LogP contribution in [0, 0.1) is 24.7 Å². The van der Waals surface area contributed by atoms with Crippen LogP contribution in [-0.4, -0.2) is 43.8 Å². The topological polar surface area (TPSA) is 86.6 Å². The standard InChI is InChI=1S/C36H45N3O3/c1-3-26-8-12-29(13-9-26)30-16-18-31(19-17-30)33-21-37-36(38-22-33)32-14-10-28(11-15-32)23-39(24-35(41)42)34(40)20-27-6-4-25(2)5-7-27/h4-7,10-11,14-15,18,21-22,26,29-30,34,40H,3,8-9,12-13,16-17,19-20,23-24H2,1-2H3,(H,41,42)/t26-,29-,30?,34?. The fourth-order valence-corrected chi connectivity index (χ4v) is 6.75. The Labute approximate surface area is 250 Å². The zero-order valence-corrected chi connectivity index (χ0v) is 25.1. The molecule has 2 aromatic carbocycles. The second kappa shape index (κ2) is 14.2. The number of carbonyl (C=O) groups is 1. The minimum Gasteiger partial charge on any atom is -0.480 e. The van der Waals surface area contributed by atoms with Gasteiger partial charge >= 0.3 is 5.97 Å². The van der Waals surface area contributed by atoms with Crippen LogP contribution in [0.25, 0.3) is 17.0 Å². The first-order valence-electron chi connectivity index (χ1n) is 15.7. The lowest BCUT2D eigenvalue weighted by Gasteiger charge is -2.35. The summed E-state index contributed by atoms with van der Waals surface area (Å²) in [7, 11) is 0. The molecule has 0 saturated heterocycles. The van der Waals surface area contributed by atoms with Crippen LogP contribution in [0.1, 0.15) is 80.5 Å². The fraction of sp³-hybridized carbons (Fsp3) is 0.472. The second-order valence-corrected chi connectivity index (χ2v) is 12.4. The third-order valence-electron chi connectivity index (χ3n) is 9.51. The van der Waals surface area contributed by atoms with Gasteiger partial charge in [0.15, 0.2) is 5.82 Å². The van der Waals surface area contributed by atoms with Crippen LogP contribution in [0.15, 0.2) is 67.0 Å². The van der Waals surface area contributed by atoms with Crippen molar-refractivity contribution in [2.24, 2.45) is 17.8 Å². The number of aliphatic hydroxyl groups is 1. The van der Waals surface area contributed by atoms with Gasteiger partial charge in [-0.05, 0) is 73.5 Å². The van der Waals surface area contributed by atoms with Gasteiger partial charge in [-0.25, -0.2) is 9.97 Å². The molecule has 222 valence electrons. The summed E-state index contributed by atoms with van der Waals surface area (Å²) in [6.45, 7) is 4.44. The molecule has 2 aliphatic rings. The smallest absolute Gasteiger partial charge is 0.317 e. The van der Waals surface area contributed by atoms with Crippen molar-refractivity contribution >= 4 is 11.5 Å². The predicted octanol–water partition coefficient (Wildman–Crippen LogP) is 7.30. The van der Waals surface area contributed by atoms with Gasteiger partial charge in [0.2, 0.25) is 0 Å². The van der Waals surface area contributed by atoms with Crippen LogP contribution in [0.3, 0.4) is 0 Å². The van der Waals surface area contributed by atoms with Crippen LogP contribution in [0.5, 0.6) is 0 Å². The molecule has 2 aliphatic carbocycles. The van der Waals surface area contributed by atoms with E-state index in [1.54, 1.807) is 4.90 Å². The van der Waals surface area contributed by atoms with Gasteiger partial charge in [0.05, 0.1) is 6.54 Å². The molecule has 3 aromatic rings. The first-order chi connectivity index (χ1) is 20.4. The number of benzene rings is 2. The Morgan fingerprint density at radius 2 is 1.57 bits per heavy atom. The first kappa shape index (κ1) is 30.1. The highest BCUT2D eigenvalue weighted by atomic mass is 16.4. The molecule has 0 aliphatic heterocycles. The molecule has 2 unspecified atom stereocenters. The average Bonchev–Trinajstić information content (AvgIpc) is 3.02. The Balaban J connectivity index is 1.18. The summed E-state index contributed by atoms with van der Waals surface area (Å²) in [5.74, 6) is 2.40. The van der Waals surface area contributed by atoms with E-state index < -0.39 is 12.2 Å². The number of aliphatic carboxylic acids is 1. The van der Waals surface area contributed by atoms with Crippen LogP contribution in [-0.2, 0) is 17.8 Å². The van der Waals surface area contributed by atoms with E-state index in [4.69, 9.17) is 0 Å². The highest BCUT2D eigenvalue weighted by Gasteiger charge is 2.28. The molecule has 42 heavy (non-hydrogen) atoms. The molecule has 5 rings (SSSR count). The molecule has 0 spiro atoms. The molecule has 1 aromatic heterocycles. The molecule has 6 heteroatoms. The Morgan fingerprint density at radius 3 is 2.17 bits per heavy atom. The molecular weight excluding hydrogens is 522 g/mol. The van der Waals surface area contributed by atoms with Crippen molar-refractivity contribution < 1.29 is 15.0 Å². The molecule has 6 nitrogen and oxygen atoms in total. The molecule has 0 radical (unpaired) electrons. The average molecular weight is 568 g/mol. The number of aryl methyl sites for hydroxylation is 1. The van der Waals surface area contributed by atoms with E-state index in [0.29, 0.717) is 18.8 Å². The zero-order valence-electron chi connectivity index (χ0n) is 25.1. The second-order valence-electron chi connectivity index (χ2n) is 12.4. The van der Waals surface area contributed by atoms with E-state index in [9.17, 15) is 15.0 Å². The lowest BCUT2D eigenvalue weighted by Crippen LogP contribution is -2.39. The van der Waals surface area contributed by atoms with Crippen molar-refractivity contribution in [3.8, 4) is 11.4 Å². The van der Waals surface area contributed by atoms with Gasteiger partial charge in [0.1, 0.15) is 6.23 Å². The number of carboxylic acids is 1. The zero-order chi connectivity index (χ0) is 29.5. The van der Waals surface area contributed by atoms with E-state index in [-0.39, 0.29) is 6.54 Å². The minimum atomic E-state index is -0.967. The number of hydrogen-bond donors (Lipinski definition) is 2. The van der Waals surface area contributed by atoms with Crippen LogP contribution in [0.4, 0.5) is 0 Å². The quantitative estimate of drug-likeness (QED) is 0.237. The van der Waals surface area contributed by atoms with Crippen molar-refractivity contribution in [1.29, 1.82) is 0 Å². The van der Waals surface area contributed by atoms with Gasteiger partial charge in [0, 0.05) is 36.5 Å². The Bertz CT molecular complexity index is 1330. The predicted molar refractivity (Wildman–Crippen MR) is 167 cm³/mol. The summed E-state index contributed by atoms with van der Waals surface area (Å²) >= 11 is 0. The van der Waals surface area contributed by atoms with E-state index in [1.165, 1.54) is 50.5 Å². The summed E-state index contributed by atoms with van der Waals surface area (Å²) < 4.78 is 0. The number of aliphatic hydroxyl groups excluding tert-OH is 1. The summed E-state index contributed by atoms with van der Waals surface area (Å²) in [6, 6.07) is 15.8. The van der Waals surface area contributed by atoms with E-state index in [1.807, 2.05) is 67.8 Å². The van der Waals surface area contributed by atoms with Crippen LogP contribution in [0.2, 0.25) is 0 Å². The van der Waals surface area contributed by atoms with Crippen molar-refractivity contribution in [1.82, 2.24) is 14.9 Å². The van der Waals surface area contributed by atoms with Crippen molar-refractivity contribution in [2.45, 2.75) is 84.4 Å². The number of carboxylic acid groups (broad SMARTS) is 1. The number of allylic oxidation sites excluding steroid dienone is 2. The summed E-state index contributed by atoms with van der Waals surface area (Å²) in [5, 5.41) is 20.3. The fourth-order valence-electron chi connectivity index (χ4n) is 6.75. The monoisotopic (exact) mass is 567 g/mol. The Kier molecular flexibility index (Phi) is 10.2. The molecular formula is C36H45N3O3. The molecule has 2 atom stereocenters. The van der Waals surface area contributed by atoms with Gasteiger partial charge in [0.25, 0.3) is 0 Å². The number of rotatable bonds is 11. The minimum absolute atomic E-state index is 0.240. The third-order valence-corrected chi connectivity index (χ3v) is 9.51. The van der Waals surface area contributed by atoms with Gasteiger partial charge in [-0.2, -0.15) is 0 Å². The summed E-state index contributed by atoms with van der Waals surface area (Å²) in [4.78, 5) is 22.5. The molecule has 1 saturated carbocycles. The Morgan fingerprint density at radius 1 is 0.905 bits per heavy atom. The normalized spacial score (nSPS) is 21.6. The summed E-state index contributed by atoms with van der Waals surface area (Å²) in [5.41, 5.74) is 6.44. The largest absolute Gasteiger partial charge is 0.480 e. The SMILES string of the molecule is CC[C@H]1CC[C@H](C2CC=C(c3cnc(-c4ccc(CN(CC(=O)O)C(O)Cc5ccc(C)cc5)cc4)nc3)CC2)CC1. The molecule has 0 amide bonds. The maximum absolute atomic E-state index is 11.5. The van der Waals surface area contributed by atoms with Gasteiger partial charge < -0.3 is 10.2 Å². The van der Waals surface area contributed by atoms with Crippen molar-refractivity contribution in [3.63, 3.8) is 0 Å². The number of hydrogen-bond acceptors (Lipinski definition) is 5. The van der Waals surface area contributed by atoms with Gasteiger partial charge in [-0.1, -0.05) is 86.4 Å². The third kappa shape index (κ3) is 7.93. The maximum Gasteiger partial charge on any atom is 0.317 e. The highest BCUT2D eigenvalue weighted by molar-refractivity contribution is 5.69. The lowest BCUT2D eigenvalue weighted by atomic mass is 9.71. The lowest BCUT2D eigenvalue weighted by molar-refractivity contribution is -0.141. The van der Waals surface area contributed by atoms with Crippen LogP contribution >= 0.6 is 0 Å². The molecule has 1 fully saturated rings. The van der Waals surface area contributed by atoms with Gasteiger partial charge in [-0.15, -0.1) is 0 Å². The molecule has 1 heterocycles. The Hall–Kier alpha value is -3.35. The van der Waals surface area contributed by atoms with E-state index in [2.05, 4.69) is 23.0 Å². The van der Waals surface area contributed by atoms with Gasteiger partial charge in [-0.3, -0.25) is 9.69 Å². The maximum atomic E-state index is 11.5. The van der Waals surface area contributed by atoms with Crippen molar-refractivity contribution in [2.75, 3.05) is 6.54 Å². The van der Waals surface area contributed by atoms with E-state index >= 15 is 0 Å². The first-order valence-corrected chi connectivity index (χ1v) is 15.7. The number of nitrogens with zero attached hydrogens (tertiary/aromatic N) is 3. The van der Waals surface area contributed by atoms with E-state index in [0.717, 1.165) is 52.0 Å². The highest BCUT2D eigenvalue weighted by Crippen LogP contribution is 2.41. The van der Waals surface area contributed by atoms with Crippen LogP contribution < -0.4 is 0 Å². The van der Waals surface area contributed by atoms with Crippen molar-refractivity contribution in [3.05, 3.63) is 89.3 Å².